The van der Waals surface area contributed by atoms with Gasteiger partial charge in [0, 0.05) is 39.1 Å². The molecule has 1 aliphatic carbocycles. The van der Waals surface area contributed by atoms with Crippen LogP contribution in [-0.4, -0.2) is 19.5 Å². The summed E-state index contributed by atoms with van der Waals surface area (Å²) in [7, 11) is 0. The van der Waals surface area contributed by atoms with Gasteiger partial charge in [-0.2, -0.15) is 0 Å². The Hall–Kier alpha value is -7.43. The van der Waals surface area contributed by atoms with E-state index in [1.54, 1.807) is 0 Å². The zero-order valence-electron chi connectivity index (χ0n) is 30.4. The van der Waals surface area contributed by atoms with Crippen molar-refractivity contribution in [2.45, 2.75) is 5.92 Å². The molecule has 0 saturated heterocycles. The monoisotopic (exact) mass is 714 g/mol. The van der Waals surface area contributed by atoms with Crippen LogP contribution >= 0.6 is 0 Å². The molecular weight excluding hydrogens is 681 g/mol. The van der Waals surface area contributed by atoms with Crippen LogP contribution in [0.2, 0.25) is 0 Å². The van der Waals surface area contributed by atoms with Crippen molar-refractivity contribution in [3.05, 3.63) is 217 Å². The number of nitrogens with zero attached hydrogens (tertiary/aromatic N) is 4. The Morgan fingerprint density at radius 3 is 1.64 bits per heavy atom. The molecule has 56 heavy (non-hydrogen) atoms. The molecule has 2 aromatic heterocycles. The van der Waals surface area contributed by atoms with Crippen LogP contribution in [0.3, 0.4) is 0 Å². The Kier molecular flexibility index (Phi) is 7.52. The van der Waals surface area contributed by atoms with E-state index in [0.29, 0.717) is 17.5 Å². The number of benzene rings is 8. The van der Waals surface area contributed by atoms with Crippen molar-refractivity contribution in [1.82, 2.24) is 19.5 Å². The maximum absolute atomic E-state index is 5.04. The van der Waals surface area contributed by atoms with E-state index in [0.717, 1.165) is 16.7 Å². The van der Waals surface area contributed by atoms with Crippen molar-refractivity contribution in [2.24, 2.45) is 0 Å². The number of para-hydroxylation sites is 2. The van der Waals surface area contributed by atoms with Crippen molar-refractivity contribution in [3.8, 4) is 62.1 Å². The molecule has 0 aliphatic heterocycles. The van der Waals surface area contributed by atoms with E-state index in [4.69, 9.17) is 15.0 Å². The van der Waals surface area contributed by atoms with Gasteiger partial charge in [0.15, 0.2) is 17.5 Å². The maximum atomic E-state index is 5.04. The lowest BCUT2D eigenvalue weighted by Gasteiger charge is -2.16. The molecule has 0 amide bonds. The highest BCUT2D eigenvalue weighted by Gasteiger charge is 2.30. The van der Waals surface area contributed by atoms with E-state index in [9.17, 15) is 0 Å². The Morgan fingerprint density at radius 2 is 0.893 bits per heavy atom. The molecule has 262 valence electrons. The Labute approximate surface area is 325 Å². The first-order valence-corrected chi connectivity index (χ1v) is 19.1. The summed E-state index contributed by atoms with van der Waals surface area (Å²) in [6, 6.07) is 71.2. The molecule has 4 nitrogen and oxygen atoms in total. The first kappa shape index (κ1) is 32.0. The molecule has 1 aliphatic rings. The van der Waals surface area contributed by atoms with Crippen LogP contribution in [0.15, 0.2) is 200 Å². The lowest BCUT2D eigenvalue weighted by molar-refractivity contribution is 1.01. The molecule has 1 unspecified atom stereocenters. The van der Waals surface area contributed by atoms with Crippen molar-refractivity contribution in [3.63, 3.8) is 0 Å². The highest BCUT2D eigenvalue weighted by molar-refractivity contribution is 6.10. The van der Waals surface area contributed by atoms with Gasteiger partial charge in [-0.25, -0.2) is 15.0 Å². The van der Waals surface area contributed by atoms with Gasteiger partial charge in [0.1, 0.15) is 0 Å². The van der Waals surface area contributed by atoms with Gasteiger partial charge < -0.3 is 4.57 Å². The normalized spacial score (nSPS) is 13.2. The summed E-state index contributed by atoms with van der Waals surface area (Å²) in [5.74, 6) is 2.05. The van der Waals surface area contributed by atoms with E-state index in [1.807, 2.05) is 60.7 Å². The van der Waals surface area contributed by atoms with Gasteiger partial charge in [0.25, 0.3) is 0 Å². The highest BCUT2D eigenvalue weighted by atomic mass is 15.0. The predicted molar refractivity (Wildman–Crippen MR) is 229 cm³/mol. The number of hydrogen-bond donors (Lipinski definition) is 0. The second-order valence-corrected chi connectivity index (χ2v) is 14.4. The van der Waals surface area contributed by atoms with Crippen molar-refractivity contribution in [2.75, 3.05) is 0 Å². The number of hydrogen-bond acceptors (Lipinski definition) is 3. The van der Waals surface area contributed by atoms with Gasteiger partial charge in [0.2, 0.25) is 0 Å². The molecule has 0 bridgehead atoms. The quantitative estimate of drug-likeness (QED) is 0.172. The van der Waals surface area contributed by atoms with Gasteiger partial charge in [-0.05, 0) is 81.4 Å². The zero-order valence-corrected chi connectivity index (χ0v) is 30.4. The Balaban J connectivity index is 1.01. The minimum Gasteiger partial charge on any atom is -0.309 e. The van der Waals surface area contributed by atoms with Crippen LogP contribution in [0.25, 0.3) is 83.9 Å². The molecular formula is C52H34N4. The molecule has 4 heteroatoms. The summed E-state index contributed by atoms with van der Waals surface area (Å²) < 4.78 is 2.37. The van der Waals surface area contributed by atoms with E-state index < -0.39 is 0 Å². The standard InChI is InChI=1S/C52H34N4/c1-4-15-34(16-5-1)50-53-51(35-17-6-2-7-18-35)55-52(54-50)39-20-14-19-38(31-39)49-43-25-11-10-23-41(43)45-32-36(27-29-44(45)49)37-28-30-48-46(33-37)42-24-12-13-26-47(42)56(48)40-21-8-3-9-22-40/h1-33,49H. The SMILES string of the molecule is c1ccc(-c2nc(-c3ccccc3)nc(-c3cccc(C4c5ccccc5-c5cc(-c6ccc7c(c6)c6ccccc6n7-c6ccccc6)ccc54)c3)n2)cc1. The summed E-state index contributed by atoms with van der Waals surface area (Å²) in [5.41, 5.74) is 15.3. The first-order valence-electron chi connectivity index (χ1n) is 19.1. The molecule has 0 saturated carbocycles. The molecule has 0 spiro atoms. The third kappa shape index (κ3) is 5.34. The molecule has 0 fully saturated rings. The lowest BCUT2D eigenvalue weighted by atomic mass is 9.88. The lowest BCUT2D eigenvalue weighted by Crippen LogP contribution is -2.02. The molecule has 1 atom stereocenters. The summed E-state index contributed by atoms with van der Waals surface area (Å²) in [4.78, 5) is 15.0. The molecule has 10 aromatic rings. The van der Waals surface area contributed by atoms with Gasteiger partial charge >= 0.3 is 0 Å². The zero-order chi connectivity index (χ0) is 37.0. The molecule has 11 rings (SSSR count). The van der Waals surface area contributed by atoms with Crippen LogP contribution in [0.4, 0.5) is 0 Å². The second kappa shape index (κ2) is 13.2. The summed E-state index contributed by atoms with van der Waals surface area (Å²) in [6.45, 7) is 0. The van der Waals surface area contributed by atoms with Gasteiger partial charge in [0.05, 0.1) is 11.0 Å². The second-order valence-electron chi connectivity index (χ2n) is 14.4. The number of rotatable bonds is 6. The fraction of sp³-hybridized carbons (Fsp3) is 0.0192. The maximum Gasteiger partial charge on any atom is 0.164 e. The molecule has 2 heterocycles. The van der Waals surface area contributed by atoms with E-state index in [2.05, 4.69) is 144 Å². The summed E-state index contributed by atoms with van der Waals surface area (Å²) >= 11 is 0. The highest BCUT2D eigenvalue weighted by Crippen LogP contribution is 2.49. The topological polar surface area (TPSA) is 43.6 Å². The summed E-state index contributed by atoms with van der Waals surface area (Å²) in [5, 5.41) is 2.51. The van der Waals surface area contributed by atoms with Crippen LogP contribution in [0.1, 0.15) is 22.6 Å². The fourth-order valence-corrected chi connectivity index (χ4v) is 8.54. The largest absolute Gasteiger partial charge is 0.309 e. The third-order valence-corrected chi connectivity index (χ3v) is 11.1. The third-order valence-electron chi connectivity index (χ3n) is 11.1. The first-order chi connectivity index (χ1) is 27.8. The van der Waals surface area contributed by atoms with Crippen LogP contribution in [0.5, 0.6) is 0 Å². The van der Waals surface area contributed by atoms with Crippen molar-refractivity contribution >= 4 is 21.8 Å². The number of aromatic nitrogens is 4. The van der Waals surface area contributed by atoms with Crippen LogP contribution in [0, 0.1) is 0 Å². The Morgan fingerprint density at radius 1 is 0.339 bits per heavy atom. The minimum absolute atomic E-state index is 0.0746. The molecule has 0 N–H and O–H groups in total. The molecule has 0 radical (unpaired) electrons. The fourth-order valence-electron chi connectivity index (χ4n) is 8.54. The average Bonchev–Trinajstić information content (AvgIpc) is 3.79. The van der Waals surface area contributed by atoms with E-state index >= 15 is 0 Å². The van der Waals surface area contributed by atoms with Crippen molar-refractivity contribution < 1.29 is 0 Å². The minimum atomic E-state index is 0.0746. The van der Waals surface area contributed by atoms with Gasteiger partial charge in [-0.1, -0.05) is 158 Å². The van der Waals surface area contributed by atoms with Crippen LogP contribution < -0.4 is 0 Å². The summed E-state index contributed by atoms with van der Waals surface area (Å²) in [6.07, 6.45) is 0. The van der Waals surface area contributed by atoms with Crippen LogP contribution in [-0.2, 0) is 0 Å². The van der Waals surface area contributed by atoms with Gasteiger partial charge in [-0.15, -0.1) is 0 Å². The molecule has 8 aromatic carbocycles. The average molecular weight is 715 g/mol. The predicted octanol–water partition coefficient (Wildman–Crippen LogP) is 12.8. The number of fused-ring (bicyclic) bond motifs is 6. The Bertz CT molecular complexity index is 3020. The smallest absolute Gasteiger partial charge is 0.164 e. The van der Waals surface area contributed by atoms with Gasteiger partial charge in [-0.3, -0.25) is 0 Å². The van der Waals surface area contributed by atoms with E-state index in [-0.39, 0.29) is 5.92 Å². The van der Waals surface area contributed by atoms with E-state index in [1.165, 1.54) is 66.4 Å². The van der Waals surface area contributed by atoms with Crippen molar-refractivity contribution in [1.29, 1.82) is 0 Å².